The maximum atomic E-state index is 11.5. The highest BCUT2D eigenvalue weighted by molar-refractivity contribution is 5.99. The number of hydrogen-bond donors (Lipinski definition) is 0. The van der Waals surface area contributed by atoms with Crippen molar-refractivity contribution in [3.05, 3.63) is 11.8 Å². The molecule has 68 valence electrons. The van der Waals surface area contributed by atoms with Crippen molar-refractivity contribution in [1.29, 1.82) is 0 Å². The predicted molar refractivity (Wildman–Crippen MR) is 41.5 cm³/mol. The SMILES string of the molecule is COC1=CCO[C@@](C)(OC)C1=O. The first-order valence-corrected chi connectivity index (χ1v) is 3.62. The lowest BCUT2D eigenvalue weighted by Crippen LogP contribution is -2.44. The van der Waals surface area contributed by atoms with Crippen LogP contribution in [0.15, 0.2) is 11.8 Å². The van der Waals surface area contributed by atoms with Gasteiger partial charge in [-0.3, -0.25) is 4.79 Å². The van der Waals surface area contributed by atoms with Crippen LogP contribution in [0.4, 0.5) is 0 Å². The van der Waals surface area contributed by atoms with Gasteiger partial charge in [0.1, 0.15) is 0 Å². The molecule has 0 amide bonds. The Balaban J connectivity index is 2.87. The van der Waals surface area contributed by atoms with Crippen LogP contribution in [0.25, 0.3) is 0 Å². The first kappa shape index (κ1) is 9.22. The molecule has 0 radical (unpaired) electrons. The third kappa shape index (κ3) is 1.35. The van der Waals surface area contributed by atoms with E-state index in [0.29, 0.717) is 12.4 Å². The van der Waals surface area contributed by atoms with Gasteiger partial charge in [-0.1, -0.05) is 0 Å². The van der Waals surface area contributed by atoms with Crippen molar-refractivity contribution >= 4 is 5.78 Å². The zero-order chi connectivity index (χ0) is 9.19. The van der Waals surface area contributed by atoms with Crippen molar-refractivity contribution in [3.8, 4) is 0 Å². The second-order valence-corrected chi connectivity index (χ2v) is 2.56. The summed E-state index contributed by atoms with van der Waals surface area (Å²) in [4.78, 5) is 11.5. The van der Waals surface area contributed by atoms with Crippen molar-refractivity contribution in [3.63, 3.8) is 0 Å². The lowest BCUT2D eigenvalue weighted by Gasteiger charge is -2.29. The van der Waals surface area contributed by atoms with E-state index >= 15 is 0 Å². The van der Waals surface area contributed by atoms with Crippen LogP contribution < -0.4 is 0 Å². The summed E-state index contributed by atoms with van der Waals surface area (Å²) in [6, 6.07) is 0. The van der Waals surface area contributed by atoms with E-state index in [-0.39, 0.29) is 5.78 Å². The van der Waals surface area contributed by atoms with E-state index in [0.717, 1.165) is 0 Å². The van der Waals surface area contributed by atoms with Gasteiger partial charge in [0.15, 0.2) is 5.76 Å². The number of Topliss-reactive ketones (excluding diaryl/α,β-unsaturated/α-hetero) is 1. The Kier molecular flexibility index (Phi) is 2.49. The molecule has 0 saturated heterocycles. The van der Waals surface area contributed by atoms with Crippen molar-refractivity contribution in [1.82, 2.24) is 0 Å². The monoisotopic (exact) mass is 172 g/mol. The Bertz CT molecular complexity index is 221. The molecule has 0 saturated carbocycles. The number of rotatable bonds is 2. The molecule has 1 rings (SSSR count). The van der Waals surface area contributed by atoms with Crippen molar-refractivity contribution in [2.24, 2.45) is 0 Å². The number of ketones is 1. The fourth-order valence-electron chi connectivity index (χ4n) is 0.986. The average molecular weight is 172 g/mol. The molecule has 0 fully saturated rings. The molecule has 0 aromatic carbocycles. The second kappa shape index (κ2) is 3.25. The predicted octanol–water partition coefficient (Wildman–Crippen LogP) is 0.479. The van der Waals surface area contributed by atoms with E-state index in [1.54, 1.807) is 13.0 Å². The van der Waals surface area contributed by atoms with E-state index in [2.05, 4.69) is 0 Å². The average Bonchev–Trinajstić information content (AvgIpc) is 2.10. The quantitative estimate of drug-likeness (QED) is 0.607. The molecule has 1 heterocycles. The van der Waals surface area contributed by atoms with Gasteiger partial charge >= 0.3 is 0 Å². The molecule has 0 aromatic rings. The molecule has 1 aliphatic rings. The lowest BCUT2D eigenvalue weighted by molar-refractivity contribution is -0.208. The summed E-state index contributed by atoms with van der Waals surface area (Å²) in [6.45, 7) is 1.90. The molecule has 0 spiro atoms. The Morgan fingerprint density at radius 3 is 2.75 bits per heavy atom. The number of methoxy groups -OCH3 is 2. The smallest absolute Gasteiger partial charge is 0.255 e. The Morgan fingerprint density at radius 1 is 1.58 bits per heavy atom. The Morgan fingerprint density at radius 2 is 2.25 bits per heavy atom. The van der Waals surface area contributed by atoms with Crippen molar-refractivity contribution in [2.45, 2.75) is 12.7 Å². The van der Waals surface area contributed by atoms with E-state index < -0.39 is 5.79 Å². The molecular formula is C8H12O4. The third-order valence-electron chi connectivity index (χ3n) is 1.87. The summed E-state index contributed by atoms with van der Waals surface area (Å²) in [7, 11) is 2.88. The largest absolute Gasteiger partial charge is 0.493 e. The topological polar surface area (TPSA) is 44.8 Å². The van der Waals surface area contributed by atoms with Crippen LogP contribution in [0.1, 0.15) is 6.92 Å². The maximum absolute atomic E-state index is 11.5. The normalized spacial score (nSPS) is 29.9. The van der Waals surface area contributed by atoms with E-state index in [1.165, 1.54) is 14.2 Å². The first-order valence-electron chi connectivity index (χ1n) is 3.62. The van der Waals surface area contributed by atoms with Gasteiger partial charge in [0.05, 0.1) is 13.7 Å². The molecular weight excluding hydrogens is 160 g/mol. The lowest BCUT2D eigenvalue weighted by atomic mass is 10.1. The fraction of sp³-hybridized carbons (Fsp3) is 0.625. The van der Waals surface area contributed by atoms with Gasteiger partial charge in [-0.05, 0) is 13.0 Å². The molecule has 0 bridgehead atoms. The third-order valence-corrected chi connectivity index (χ3v) is 1.87. The van der Waals surface area contributed by atoms with E-state index in [1.807, 2.05) is 0 Å². The fourth-order valence-corrected chi connectivity index (χ4v) is 0.986. The van der Waals surface area contributed by atoms with Gasteiger partial charge in [0.25, 0.3) is 5.78 Å². The first-order chi connectivity index (χ1) is 5.64. The van der Waals surface area contributed by atoms with Gasteiger partial charge in [0.2, 0.25) is 5.79 Å². The number of ether oxygens (including phenoxy) is 3. The van der Waals surface area contributed by atoms with Crippen LogP contribution in [0.3, 0.4) is 0 Å². The molecule has 0 unspecified atom stereocenters. The maximum Gasteiger partial charge on any atom is 0.255 e. The van der Waals surface area contributed by atoms with Crippen LogP contribution in [0.2, 0.25) is 0 Å². The molecule has 12 heavy (non-hydrogen) atoms. The summed E-state index contributed by atoms with van der Waals surface area (Å²) in [5, 5.41) is 0. The molecule has 0 N–H and O–H groups in total. The van der Waals surface area contributed by atoms with Crippen LogP contribution in [-0.4, -0.2) is 32.4 Å². The number of hydrogen-bond acceptors (Lipinski definition) is 4. The minimum Gasteiger partial charge on any atom is -0.493 e. The van der Waals surface area contributed by atoms with Gasteiger partial charge < -0.3 is 14.2 Å². The summed E-state index contributed by atoms with van der Waals surface area (Å²) in [6.07, 6.45) is 1.59. The van der Waals surface area contributed by atoms with Gasteiger partial charge in [0, 0.05) is 7.11 Å². The number of carbonyl (C=O) groups excluding carboxylic acids is 1. The summed E-state index contributed by atoms with van der Waals surface area (Å²) < 4.78 is 14.9. The molecule has 1 aliphatic heterocycles. The summed E-state index contributed by atoms with van der Waals surface area (Å²) in [5.74, 6) is -1.16. The minimum atomic E-state index is -1.18. The zero-order valence-corrected chi connectivity index (χ0v) is 7.42. The van der Waals surface area contributed by atoms with Crippen LogP contribution in [-0.2, 0) is 19.0 Å². The second-order valence-electron chi connectivity index (χ2n) is 2.56. The van der Waals surface area contributed by atoms with Crippen LogP contribution >= 0.6 is 0 Å². The standard InChI is InChI=1S/C8H12O4/c1-8(11-3)7(9)6(10-2)4-5-12-8/h4H,5H2,1-3H3/t8-/m1/s1. The highest BCUT2D eigenvalue weighted by Gasteiger charge is 2.39. The highest BCUT2D eigenvalue weighted by atomic mass is 16.7. The molecule has 0 aliphatic carbocycles. The van der Waals surface area contributed by atoms with Gasteiger partial charge in [-0.25, -0.2) is 0 Å². The van der Waals surface area contributed by atoms with Gasteiger partial charge in [-0.15, -0.1) is 0 Å². The Hall–Kier alpha value is -0.870. The van der Waals surface area contributed by atoms with Crippen molar-refractivity contribution < 1.29 is 19.0 Å². The minimum absolute atomic E-state index is 0.279. The van der Waals surface area contributed by atoms with E-state index in [4.69, 9.17) is 14.2 Å². The highest BCUT2D eigenvalue weighted by Crippen LogP contribution is 2.22. The molecule has 4 nitrogen and oxygen atoms in total. The van der Waals surface area contributed by atoms with Crippen molar-refractivity contribution in [2.75, 3.05) is 20.8 Å². The molecule has 1 atom stereocenters. The van der Waals surface area contributed by atoms with E-state index in [9.17, 15) is 4.79 Å². The molecule has 0 aromatic heterocycles. The summed E-state index contributed by atoms with van der Waals surface area (Å²) >= 11 is 0. The zero-order valence-electron chi connectivity index (χ0n) is 7.42. The van der Waals surface area contributed by atoms with Gasteiger partial charge in [-0.2, -0.15) is 0 Å². The summed E-state index contributed by atoms with van der Waals surface area (Å²) in [5.41, 5.74) is 0. The van der Waals surface area contributed by atoms with Crippen LogP contribution in [0.5, 0.6) is 0 Å². The molecule has 4 heteroatoms. The number of carbonyl (C=O) groups is 1. The van der Waals surface area contributed by atoms with Crippen LogP contribution in [0, 0.1) is 0 Å². The Labute approximate surface area is 71.1 Å².